The summed E-state index contributed by atoms with van der Waals surface area (Å²) in [5.41, 5.74) is -0.0947. The molecule has 0 atom stereocenters. The largest absolute Gasteiger partial charge is 0.496 e. The lowest BCUT2D eigenvalue weighted by atomic mass is 9.49. The SMILES string of the molecule is CC1(C)OB(B2OC(C)(C)C(C)(C)O2)OC1(C)C.Cc1ncc(F)cc1B1OC(C)(C)C(C)(C)O1.Cc1ncc(F)cc1Br. The predicted molar refractivity (Wildman–Crippen MR) is 173 cm³/mol. The van der Waals surface area contributed by atoms with E-state index >= 15 is 0 Å². The average Bonchev–Trinajstić information content (AvgIpc) is 3.32. The summed E-state index contributed by atoms with van der Waals surface area (Å²) in [6.45, 7) is 27.7. The summed E-state index contributed by atoms with van der Waals surface area (Å²) < 4.78 is 61.7. The molecule has 0 saturated carbocycles. The van der Waals surface area contributed by atoms with Gasteiger partial charge in [0.05, 0.1) is 51.7 Å². The lowest BCUT2D eigenvalue weighted by molar-refractivity contribution is 0.00578. The molecule has 2 aromatic rings. The molecule has 3 saturated heterocycles. The molecular weight excluding hydrogens is 635 g/mol. The van der Waals surface area contributed by atoms with Gasteiger partial charge in [-0.15, -0.1) is 0 Å². The minimum atomic E-state index is -0.553. The molecule has 44 heavy (non-hydrogen) atoms. The van der Waals surface area contributed by atoms with Gasteiger partial charge in [-0.3, -0.25) is 9.97 Å². The zero-order valence-corrected chi connectivity index (χ0v) is 30.1. The zero-order valence-electron chi connectivity index (χ0n) is 28.5. The van der Waals surface area contributed by atoms with E-state index in [-0.39, 0.29) is 34.0 Å². The highest BCUT2D eigenvalue weighted by atomic mass is 79.9. The zero-order chi connectivity index (χ0) is 33.7. The molecule has 0 amide bonds. The van der Waals surface area contributed by atoms with Gasteiger partial charge in [-0.25, -0.2) is 8.78 Å². The fourth-order valence-corrected chi connectivity index (χ4v) is 4.54. The normalized spacial score (nSPS) is 23.5. The molecule has 3 aliphatic rings. The van der Waals surface area contributed by atoms with Crippen molar-refractivity contribution in [3.63, 3.8) is 0 Å². The van der Waals surface area contributed by atoms with Crippen LogP contribution >= 0.6 is 15.9 Å². The van der Waals surface area contributed by atoms with Crippen molar-refractivity contribution in [1.82, 2.24) is 9.97 Å². The molecule has 2 aromatic heterocycles. The van der Waals surface area contributed by atoms with Crippen molar-refractivity contribution in [3.05, 3.63) is 52.0 Å². The second-order valence-electron chi connectivity index (χ2n) is 14.4. The molecule has 0 spiro atoms. The minimum Gasteiger partial charge on any atom is -0.405 e. The molecule has 3 fully saturated rings. The summed E-state index contributed by atoms with van der Waals surface area (Å²) in [6, 6.07) is 2.81. The number of pyridine rings is 2. The van der Waals surface area contributed by atoms with Gasteiger partial charge in [0, 0.05) is 15.6 Å². The van der Waals surface area contributed by atoms with Crippen LogP contribution in [0.15, 0.2) is 29.0 Å². The topological polar surface area (TPSA) is 81.2 Å². The van der Waals surface area contributed by atoms with Crippen molar-refractivity contribution in [1.29, 1.82) is 0 Å². The van der Waals surface area contributed by atoms with Crippen LogP contribution in [0.1, 0.15) is 94.5 Å². The molecule has 0 aromatic carbocycles. The van der Waals surface area contributed by atoms with Gasteiger partial charge in [-0.2, -0.15) is 0 Å². The van der Waals surface area contributed by atoms with Crippen molar-refractivity contribution >= 4 is 42.5 Å². The van der Waals surface area contributed by atoms with E-state index in [1.54, 1.807) is 0 Å². The van der Waals surface area contributed by atoms with E-state index in [0.29, 0.717) is 9.94 Å². The smallest absolute Gasteiger partial charge is 0.405 e. The van der Waals surface area contributed by atoms with Gasteiger partial charge in [0.1, 0.15) is 11.6 Å². The second kappa shape index (κ2) is 12.7. The van der Waals surface area contributed by atoms with Crippen LogP contribution in [0.2, 0.25) is 0 Å². The van der Waals surface area contributed by atoms with Crippen LogP contribution in [0.5, 0.6) is 0 Å². The summed E-state index contributed by atoms with van der Waals surface area (Å²) in [7, 11) is -1.50. The molecule has 0 unspecified atom stereocenters. The Morgan fingerprint density at radius 1 is 0.545 bits per heavy atom. The molecule has 5 heterocycles. The van der Waals surface area contributed by atoms with Crippen LogP contribution in [0, 0.1) is 25.5 Å². The van der Waals surface area contributed by atoms with Crippen LogP contribution in [-0.2, 0) is 27.9 Å². The standard InChI is InChI=1S/C12H24B2O4.C12H17BFNO2.C6H5BrFN/c1-9(2)10(3,4)16-13(15-9)14-17-11(5,6)12(7,8)18-14;1-8-10(6-9(14)7-15-8)13-16-11(2,3)12(4,5)17-13;1-4-6(7)2-5(8)3-9-4/h1-8H3;6-7H,1-5H3;2-3H,1H3. The predicted octanol–water partition coefficient (Wildman–Crippen LogP) is 6.37. The third-order valence-corrected chi connectivity index (χ3v) is 10.2. The van der Waals surface area contributed by atoms with E-state index in [4.69, 9.17) is 27.9 Å². The van der Waals surface area contributed by atoms with E-state index in [1.807, 2.05) is 96.9 Å². The fourth-order valence-electron chi connectivity index (χ4n) is 4.21. The Kier molecular flexibility index (Phi) is 10.7. The van der Waals surface area contributed by atoms with Crippen LogP contribution in [-0.4, -0.2) is 64.7 Å². The van der Waals surface area contributed by atoms with Crippen molar-refractivity contribution in [2.45, 2.75) is 131 Å². The molecule has 14 heteroatoms. The summed E-state index contributed by atoms with van der Waals surface area (Å²) >= 11 is 3.14. The molecule has 0 aliphatic carbocycles. The van der Waals surface area contributed by atoms with E-state index in [0.717, 1.165) is 11.4 Å². The molecule has 3 aliphatic heterocycles. The Hall–Kier alpha value is -1.41. The number of nitrogens with zero attached hydrogens (tertiary/aromatic N) is 2. The first-order valence-corrected chi connectivity index (χ1v) is 15.6. The number of hydrogen-bond donors (Lipinski definition) is 0. The molecule has 0 bridgehead atoms. The quantitative estimate of drug-likeness (QED) is 0.339. The van der Waals surface area contributed by atoms with Gasteiger partial charge >= 0.3 is 21.1 Å². The highest BCUT2D eigenvalue weighted by Gasteiger charge is 2.63. The number of aryl methyl sites for hydroxylation is 2. The average molecular weight is 681 g/mol. The van der Waals surface area contributed by atoms with Gasteiger partial charge < -0.3 is 27.9 Å². The number of aromatic nitrogens is 2. The first kappa shape index (κ1) is 37.1. The van der Waals surface area contributed by atoms with Crippen molar-refractivity contribution in [2.24, 2.45) is 0 Å². The molecular formula is C30H46B3BrF2N2O6. The molecule has 0 radical (unpaired) electrons. The van der Waals surface area contributed by atoms with E-state index in [2.05, 4.69) is 25.9 Å². The summed E-state index contributed by atoms with van der Waals surface area (Å²) in [6.07, 6.45) is 2.39. The maximum Gasteiger partial charge on any atom is 0.496 e. The summed E-state index contributed by atoms with van der Waals surface area (Å²) in [5.74, 6) is -0.687. The maximum absolute atomic E-state index is 13.2. The van der Waals surface area contributed by atoms with Gasteiger partial charge in [0.25, 0.3) is 0 Å². The third kappa shape index (κ3) is 7.93. The van der Waals surface area contributed by atoms with Gasteiger partial charge in [0.15, 0.2) is 0 Å². The number of hydrogen-bond acceptors (Lipinski definition) is 8. The highest BCUT2D eigenvalue weighted by molar-refractivity contribution is 9.10. The van der Waals surface area contributed by atoms with Crippen molar-refractivity contribution in [2.75, 3.05) is 0 Å². The Balaban J connectivity index is 0.000000190. The Morgan fingerprint density at radius 2 is 0.864 bits per heavy atom. The van der Waals surface area contributed by atoms with Crippen LogP contribution < -0.4 is 5.46 Å². The van der Waals surface area contributed by atoms with Gasteiger partial charge in [0.2, 0.25) is 0 Å². The Bertz CT molecular complexity index is 1260. The summed E-state index contributed by atoms with van der Waals surface area (Å²) in [4.78, 5) is 7.74. The molecule has 8 nitrogen and oxygen atoms in total. The fraction of sp³-hybridized carbons (Fsp3) is 0.667. The number of halogens is 3. The van der Waals surface area contributed by atoms with Crippen LogP contribution in [0.3, 0.4) is 0 Å². The minimum absolute atomic E-state index is 0.313. The van der Waals surface area contributed by atoms with E-state index < -0.39 is 32.3 Å². The summed E-state index contributed by atoms with van der Waals surface area (Å²) in [5, 5.41) is 0. The van der Waals surface area contributed by atoms with Crippen molar-refractivity contribution in [3.8, 4) is 0 Å². The third-order valence-electron chi connectivity index (χ3n) is 9.36. The first-order valence-electron chi connectivity index (χ1n) is 14.8. The maximum atomic E-state index is 13.2. The molecule has 242 valence electrons. The lowest BCUT2D eigenvalue weighted by Crippen LogP contribution is -2.41. The van der Waals surface area contributed by atoms with Gasteiger partial charge in [-0.05, 0) is 125 Å². The molecule has 0 N–H and O–H groups in total. The van der Waals surface area contributed by atoms with Crippen LogP contribution in [0.4, 0.5) is 8.78 Å². The Labute approximate surface area is 271 Å². The van der Waals surface area contributed by atoms with Gasteiger partial charge in [-0.1, -0.05) is 0 Å². The highest BCUT2D eigenvalue weighted by Crippen LogP contribution is 2.43. The monoisotopic (exact) mass is 680 g/mol. The second-order valence-corrected chi connectivity index (χ2v) is 15.2. The first-order chi connectivity index (χ1) is 19.8. The van der Waals surface area contributed by atoms with E-state index in [1.165, 1.54) is 24.5 Å². The molecule has 5 rings (SSSR count). The Morgan fingerprint density at radius 3 is 1.20 bits per heavy atom. The van der Waals surface area contributed by atoms with Crippen molar-refractivity contribution < 1.29 is 36.7 Å². The van der Waals surface area contributed by atoms with E-state index in [9.17, 15) is 8.78 Å². The lowest BCUT2D eigenvalue weighted by Gasteiger charge is -2.32. The van der Waals surface area contributed by atoms with Crippen LogP contribution in [0.25, 0.3) is 0 Å². The number of rotatable bonds is 2.